The molecule has 0 fully saturated rings. The van der Waals surface area contributed by atoms with Crippen LogP contribution in [0.25, 0.3) is 92.2 Å². The van der Waals surface area contributed by atoms with Gasteiger partial charge in [0.05, 0.1) is 16.6 Å². The molecule has 0 radical (unpaired) electrons. The van der Waals surface area contributed by atoms with E-state index in [1.165, 1.54) is 97.4 Å². The Labute approximate surface area is 293 Å². The van der Waals surface area contributed by atoms with Gasteiger partial charge < -0.3 is 9.13 Å². The molecular weight excluding hydrogens is 625 g/mol. The summed E-state index contributed by atoms with van der Waals surface area (Å²) in [5.41, 5.74) is 11.5. The maximum absolute atomic E-state index is 2.53. The second-order valence-electron chi connectivity index (χ2n) is 13.7. The minimum absolute atomic E-state index is 0.438. The number of nitrogens with zero attached hydrogens (tertiary/aromatic N) is 2. The highest BCUT2D eigenvalue weighted by molar-refractivity contribution is 7.26. The predicted molar refractivity (Wildman–Crippen MR) is 216 cm³/mol. The van der Waals surface area contributed by atoms with Crippen molar-refractivity contribution in [2.45, 2.75) is 19.3 Å². The SMILES string of the molecule is CC1CC=Cc2c1n(-c1ccccc1)c1ccc(-c3cc4sc5ccccc5c4c4c3c3ccccc3n4-c3ccc4ccccc4c3)cc21. The number of aromatic nitrogens is 2. The fraction of sp³-hybridized carbons (Fsp3) is 0.0638. The third-order valence-electron chi connectivity index (χ3n) is 10.9. The molecular formula is C47H32N2S. The van der Waals surface area contributed by atoms with Crippen LogP contribution < -0.4 is 0 Å². The summed E-state index contributed by atoms with van der Waals surface area (Å²) in [6.07, 6.45) is 5.77. The highest BCUT2D eigenvalue weighted by atomic mass is 32.1. The lowest BCUT2D eigenvalue weighted by molar-refractivity contribution is 0.723. The molecule has 0 aliphatic heterocycles. The van der Waals surface area contributed by atoms with Crippen molar-refractivity contribution in [2.24, 2.45) is 0 Å². The second kappa shape index (κ2) is 10.5. The molecule has 2 nitrogen and oxygen atoms in total. The van der Waals surface area contributed by atoms with Crippen LogP contribution in [0.1, 0.15) is 30.5 Å². The summed E-state index contributed by atoms with van der Waals surface area (Å²) in [6.45, 7) is 2.36. The summed E-state index contributed by atoms with van der Waals surface area (Å²) < 4.78 is 7.66. The highest BCUT2D eigenvalue weighted by Crippen LogP contribution is 2.48. The van der Waals surface area contributed by atoms with Crippen LogP contribution in [-0.2, 0) is 0 Å². The number of hydrogen-bond donors (Lipinski definition) is 0. The fourth-order valence-electron chi connectivity index (χ4n) is 8.69. The molecule has 3 heteroatoms. The zero-order chi connectivity index (χ0) is 32.9. The van der Waals surface area contributed by atoms with Crippen LogP contribution in [0.3, 0.4) is 0 Å². The molecule has 0 N–H and O–H groups in total. The Kier molecular flexibility index (Phi) is 5.90. The van der Waals surface area contributed by atoms with Crippen LogP contribution in [0.4, 0.5) is 0 Å². The number of fused-ring (bicyclic) bond motifs is 11. The average molecular weight is 657 g/mol. The molecule has 7 aromatic carbocycles. The first-order chi connectivity index (χ1) is 24.7. The zero-order valence-corrected chi connectivity index (χ0v) is 28.4. The fourth-order valence-corrected chi connectivity index (χ4v) is 9.84. The van der Waals surface area contributed by atoms with Crippen molar-refractivity contribution in [1.82, 2.24) is 9.13 Å². The van der Waals surface area contributed by atoms with Crippen LogP contribution in [0.15, 0.2) is 152 Å². The van der Waals surface area contributed by atoms with Gasteiger partial charge in [-0.15, -0.1) is 11.3 Å². The van der Waals surface area contributed by atoms with Gasteiger partial charge in [0.15, 0.2) is 0 Å². The van der Waals surface area contributed by atoms with Crippen molar-refractivity contribution >= 4 is 81.1 Å². The summed E-state index contributed by atoms with van der Waals surface area (Å²) in [4.78, 5) is 0. The number of thiophene rings is 1. The minimum atomic E-state index is 0.438. The molecule has 0 saturated carbocycles. The number of allylic oxidation sites excluding steroid dienone is 1. The molecule has 1 aliphatic carbocycles. The van der Waals surface area contributed by atoms with Crippen molar-refractivity contribution in [2.75, 3.05) is 0 Å². The van der Waals surface area contributed by atoms with E-state index < -0.39 is 0 Å². The molecule has 0 saturated heterocycles. The lowest BCUT2D eigenvalue weighted by Crippen LogP contribution is -2.06. The molecule has 1 unspecified atom stereocenters. The standard InChI is InChI=1S/C47H32N2S/c1-29-12-11-19-35-39-27-32(23-25-41(39)48(46(29)35)33-15-3-2-4-16-33)38-28-43-45(37-18-8-10-21-42(37)50-43)47-44(38)36-17-7-9-20-40(36)49(47)34-24-22-30-13-5-6-14-31(30)26-34/h2-11,13-29H,12H2,1H3. The van der Waals surface area contributed by atoms with Crippen LogP contribution in [0.2, 0.25) is 0 Å². The van der Waals surface area contributed by atoms with E-state index in [2.05, 4.69) is 174 Å². The van der Waals surface area contributed by atoms with Gasteiger partial charge in [-0.05, 0) is 82.9 Å². The molecule has 236 valence electrons. The van der Waals surface area contributed by atoms with Gasteiger partial charge in [0, 0.05) is 64.9 Å². The first kappa shape index (κ1) is 28.0. The molecule has 3 aromatic heterocycles. The first-order valence-electron chi connectivity index (χ1n) is 17.5. The van der Waals surface area contributed by atoms with Gasteiger partial charge in [0.25, 0.3) is 0 Å². The van der Waals surface area contributed by atoms with Crippen molar-refractivity contribution in [3.63, 3.8) is 0 Å². The van der Waals surface area contributed by atoms with Crippen LogP contribution in [0.5, 0.6) is 0 Å². The zero-order valence-electron chi connectivity index (χ0n) is 27.6. The van der Waals surface area contributed by atoms with Gasteiger partial charge in [-0.3, -0.25) is 0 Å². The molecule has 1 aliphatic rings. The van der Waals surface area contributed by atoms with Crippen molar-refractivity contribution in [3.8, 4) is 22.5 Å². The molecule has 3 heterocycles. The highest BCUT2D eigenvalue weighted by Gasteiger charge is 2.26. The Morgan fingerprint density at radius 1 is 0.560 bits per heavy atom. The third-order valence-corrected chi connectivity index (χ3v) is 12.0. The van der Waals surface area contributed by atoms with E-state index >= 15 is 0 Å². The molecule has 11 rings (SSSR count). The molecule has 0 amide bonds. The van der Waals surface area contributed by atoms with Gasteiger partial charge in [0.1, 0.15) is 0 Å². The Balaban J connectivity index is 1.28. The maximum atomic E-state index is 2.53. The van der Waals surface area contributed by atoms with Crippen molar-refractivity contribution < 1.29 is 0 Å². The topological polar surface area (TPSA) is 9.86 Å². The van der Waals surface area contributed by atoms with E-state index in [1.807, 2.05) is 11.3 Å². The molecule has 10 aromatic rings. The number of para-hydroxylation sites is 2. The van der Waals surface area contributed by atoms with E-state index in [9.17, 15) is 0 Å². The number of rotatable bonds is 3. The van der Waals surface area contributed by atoms with Crippen molar-refractivity contribution in [1.29, 1.82) is 0 Å². The van der Waals surface area contributed by atoms with E-state index in [0.717, 1.165) is 6.42 Å². The van der Waals surface area contributed by atoms with Crippen LogP contribution >= 0.6 is 11.3 Å². The van der Waals surface area contributed by atoms with Gasteiger partial charge >= 0.3 is 0 Å². The van der Waals surface area contributed by atoms with Gasteiger partial charge in [0.2, 0.25) is 0 Å². The maximum Gasteiger partial charge on any atom is 0.0640 e. The second-order valence-corrected chi connectivity index (χ2v) is 14.8. The third kappa shape index (κ3) is 3.90. The average Bonchev–Trinajstić information content (AvgIpc) is 3.83. The monoisotopic (exact) mass is 656 g/mol. The Morgan fingerprint density at radius 3 is 2.22 bits per heavy atom. The van der Waals surface area contributed by atoms with Crippen LogP contribution in [-0.4, -0.2) is 9.13 Å². The quantitative estimate of drug-likeness (QED) is 0.179. The van der Waals surface area contributed by atoms with E-state index in [-0.39, 0.29) is 0 Å². The normalized spacial score (nSPS) is 14.5. The van der Waals surface area contributed by atoms with Gasteiger partial charge in [-0.2, -0.15) is 0 Å². The van der Waals surface area contributed by atoms with E-state index in [0.29, 0.717) is 5.92 Å². The van der Waals surface area contributed by atoms with Crippen molar-refractivity contribution in [3.05, 3.63) is 163 Å². The Hall–Kier alpha value is -5.90. The van der Waals surface area contributed by atoms with Gasteiger partial charge in [-0.1, -0.05) is 110 Å². The lowest BCUT2D eigenvalue weighted by Gasteiger charge is -2.19. The summed E-state index contributed by atoms with van der Waals surface area (Å²) in [5, 5.41) is 9.05. The summed E-state index contributed by atoms with van der Waals surface area (Å²) in [7, 11) is 0. The number of hydrogen-bond acceptors (Lipinski definition) is 1. The Bertz CT molecular complexity index is 3020. The summed E-state index contributed by atoms with van der Waals surface area (Å²) in [5.74, 6) is 0.438. The minimum Gasteiger partial charge on any atom is -0.313 e. The molecule has 0 bridgehead atoms. The first-order valence-corrected chi connectivity index (χ1v) is 18.3. The van der Waals surface area contributed by atoms with Gasteiger partial charge in [-0.25, -0.2) is 0 Å². The largest absolute Gasteiger partial charge is 0.313 e. The smallest absolute Gasteiger partial charge is 0.0640 e. The number of benzene rings is 7. The summed E-state index contributed by atoms with van der Waals surface area (Å²) >= 11 is 1.90. The predicted octanol–water partition coefficient (Wildman–Crippen LogP) is 13.4. The molecule has 1 atom stereocenters. The lowest BCUT2D eigenvalue weighted by atomic mass is 9.92. The Morgan fingerprint density at radius 2 is 1.32 bits per heavy atom. The van der Waals surface area contributed by atoms with E-state index in [1.54, 1.807) is 0 Å². The molecule has 0 spiro atoms. The van der Waals surface area contributed by atoms with E-state index in [4.69, 9.17) is 0 Å². The molecule has 50 heavy (non-hydrogen) atoms. The summed E-state index contributed by atoms with van der Waals surface area (Å²) in [6, 6.07) is 54.0. The van der Waals surface area contributed by atoms with Crippen LogP contribution in [0, 0.1) is 0 Å².